The molecule has 0 aliphatic carbocycles. The van der Waals surface area contributed by atoms with Gasteiger partial charge in [0.15, 0.2) is 5.82 Å². The van der Waals surface area contributed by atoms with E-state index in [0.717, 1.165) is 60.4 Å². The van der Waals surface area contributed by atoms with E-state index in [-0.39, 0.29) is 5.82 Å². The highest BCUT2D eigenvalue weighted by Crippen LogP contribution is 2.39. The van der Waals surface area contributed by atoms with Crippen molar-refractivity contribution >= 4 is 16.7 Å². The molecule has 2 aliphatic rings. The maximum absolute atomic E-state index is 14.9. The van der Waals surface area contributed by atoms with Gasteiger partial charge in [-0.25, -0.2) is 9.37 Å². The molecular weight excluding hydrogens is 357 g/mol. The molecule has 1 aromatic carbocycles. The molecule has 2 fully saturated rings. The number of rotatable bonds is 3. The van der Waals surface area contributed by atoms with Crippen molar-refractivity contribution in [2.45, 2.75) is 39.7 Å². The van der Waals surface area contributed by atoms with Gasteiger partial charge in [0.25, 0.3) is 5.89 Å². The number of nitrogens with zero attached hydrogens (tertiary/aromatic N) is 4. The van der Waals surface area contributed by atoms with E-state index in [1.165, 1.54) is 0 Å². The number of benzene rings is 1. The van der Waals surface area contributed by atoms with Crippen molar-refractivity contribution in [2.24, 2.45) is 5.92 Å². The van der Waals surface area contributed by atoms with E-state index in [4.69, 9.17) is 9.51 Å². The summed E-state index contributed by atoms with van der Waals surface area (Å²) in [5, 5.41) is 8.35. The van der Waals surface area contributed by atoms with Gasteiger partial charge in [-0.05, 0) is 62.4 Å². The van der Waals surface area contributed by atoms with Crippen LogP contribution in [0.4, 0.5) is 10.2 Å². The van der Waals surface area contributed by atoms with Crippen molar-refractivity contribution in [2.75, 3.05) is 24.5 Å². The van der Waals surface area contributed by atoms with Gasteiger partial charge in [-0.3, -0.25) is 0 Å². The van der Waals surface area contributed by atoms with Crippen molar-refractivity contribution in [3.63, 3.8) is 0 Å². The Bertz CT molecular complexity index is 1050. The first-order chi connectivity index (χ1) is 13.5. The topological polar surface area (TPSA) is 67.1 Å². The third-order valence-electron chi connectivity index (χ3n) is 6.16. The van der Waals surface area contributed by atoms with E-state index in [2.05, 4.69) is 20.4 Å². The van der Waals surface area contributed by atoms with Crippen molar-refractivity contribution in [3.8, 4) is 11.5 Å². The molecule has 0 bridgehead atoms. The minimum absolute atomic E-state index is 0.274. The summed E-state index contributed by atoms with van der Waals surface area (Å²) in [5.41, 5.74) is 3.12. The minimum atomic E-state index is -0.274. The van der Waals surface area contributed by atoms with Crippen LogP contribution in [0.5, 0.6) is 0 Å². The lowest BCUT2D eigenvalue weighted by atomic mass is 10.00. The number of anilines is 1. The smallest absolute Gasteiger partial charge is 0.261 e. The van der Waals surface area contributed by atoms with Gasteiger partial charge in [-0.1, -0.05) is 12.1 Å². The molecule has 1 unspecified atom stereocenters. The Balaban J connectivity index is 1.74. The first-order valence-corrected chi connectivity index (χ1v) is 9.97. The average Bonchev–Trinajstić information content (AvgIpc) is 3.38. The number of fused-ring (bicyclic) bond motifs is 2. The van der Waals surface area contributed by atoms with E-state index >= 15 is 0 Å². The second kappa shape index (κ2) is 6.51. The Kier molecular flexibility index (Phi) is 4.08. The predicted molar refractivity (Wildman–Crippen MR) is 106 cm³/mol. The molecular formula is C21H24FN5O. The average molecular weight is 381 g/mol. The quantitative estimate of drug-likeness (QED) is 0.750. The zero-order valence-corrected chi connectivity index (χ0v) is 16.4. The fourth-order valence-corrected chi connectivity index (χ4v) is 4.63. The van der Waals surface area contributed by atoms with Gasteiger partial charge >= 0.3 is 0 Å². The minimum Gasteiger partial charge on any atom is -0.354 e. The summed E-state index contributed by atoms with van der Waals surface area (Å²) in [5.74, 6) is 2.10. The van der Waals surface area contributed by atoms with Crippen LogP contribution in [-0.2, 0) is 6.42 Å². The molecule has 4 heterocycles. The van der Waals surface area contributed by atoms with Gasteiger partial charge in [-0.15, -0.1) is 0 Å². The van der Waals surface area contributed by atoms with Crippen LogP contribution >= 0.6 is 0 Å². The summed E-state index contributed by atoms with van der Waals surface area (Å²) >= 11 is 0. The molecule has 146 valence electrons. The van der Waals surface area contributed by atoms with Gasteiger partial charge in [0.05, 0.1) is 5.56 Å². The molecule has 0 amide bonds. The highest BCUT2D eigenvalue weighted by atomic mass is 19.1. The summed E-state index contributed by atoms with van der Waals surface area (Å²) < 4.78 is 20.4. The monoisotopic (exact) mass is 381 g/mol. The van der Waals surface area contributed by atoms with Crippen LogP contribution in [-0.4, -0.2) is 40.8 Å². The Morgan fingerprint density at radius 1 is 1.25 bits per heavy atom. The van der Waals surface area contributed by atoms with Gasteiger partial charge in [0, 0.05) is 24.5 Å². The summed E-state index contributed by atoms with van der Waals surface area (Å²) in [6.45, 7) is 8.65. The first kappa shape index (κ1) is 17.6. The lowest BCUT2D eigenvalue weighted by Gasteiger charge is -2.23. The highest BCUT2D eigenvalue weighted by Gasteiger charge is 2.38. The highest BCUT2D eigenvalue weighted by molar-refractivity contribution is 5.93. The van der Waals surface area contributed by atoms with E-state index in [1.54, 1.807) is 13.0 Å². The van der Waals surface area contributed by atoms with E-state index in [1.807, 2.05) is 19.9 Å². The van der Waals surface area contributed by atoms with Crippen LogP contribution in [0.2, 0.25) is 0 Å². The molecule has 5 rings (SSSR count). The van der Waals surface area contributed by atoms with E-state index in [0.29, 0.717) is 29.2 Å². The summed E-state index contributed by atoms with van der Waals surface area (Å²) in [6.07, 6.45) is 1.93. The Hall–Kier alpha value is -2.54. The van der Waals surface area contributed by atoms with Crippen molar-refractivity contribution in [1.82, 2.24) is 20.4 Å². The van der Waals surface area contributed by atoms with E-state index in [9.17, 15) is 4.39 Å². The standard InChI is InChI=1S/C21H24FN5O/c1-4-13-7-15-11(2)18(21-24-12(3)26-28-21)20(25-19(15)16(22)8-13)27-9-14-5-6-23-17(14)10-27/h7-8,14,17,23H,4-6,9-10H2,1-3H3/t14-,17?/m0/s1. The van der Waals surface area contributed by atoms with Gasteiger partial charge in [0.1, 0.15) is 17.2 Å². The third-order valence-corrected chi connectivity index (χ3v) is 6.16. The predicted octanol–water partition coefficient (Wildman–Crippen LogP) is 3.40. The van der Waals surface area contributed by atoms with Gasteiger partial charge in [-0.2, -0.15) is 4.98 Å². The van der Waals surface area contributed by atoms with Crippen LogP contribution in [0.25, 0.3) is 22.4 Å². The van der Waals surface area contributed by atoms with Crippen LogP contribution < -0.4 is 10.2 Å². The lowest BCUT2D eigenvalue weighted by molar-refractivity contribution is 0.425. The molecule has 1 N–H and O–H groups in total. The van der Waals surface area contributed by atoms with Crippen molar-refractivity contribution < 1.29 is 8.91 Å². The van der Waals surface area contributed by atoms with Crippen LogP contribution in [0.3, 0.4) is 0 Å². The molecule has 28 heavy (non-hydrogen) atoms. The van der Waals surface area contributed by atoms with Crippen LogP contribution in [0, 0.1) is 25.6 Å². The first-order valence-electron chi connectivity index (χ1n) is 9.97. The third kappa shape index (κ3) is 2.68. The molecule has 2 aliphatic heterocycles. The number of hydrogen-bond acceptors (Lipinski definition) is 6. The summed E-state index contributed by atoms with van der Waals surface area (Å²) in [7, 11) is 0. The van der Waals surface area contributed by atoms with Gasteiger partial charge < -0.3 is 14.7 Å². The largest absolute Gasteiger partial charge is 0.354 e. The normalized spacial score (nSPS) is 21.6. The Morgan fingerprint density at radius 2 is 2.11 bits per heavy atom. The summed E-state index contributed by atoms with van der Waals surface area (Å²) in [6, 6.07) is 4.08. The number of pyridine rings is 1. The zero-order valence-electron chi connectivity index (χ0n) is 16.4. The number of aromatic nitrogens is 3. The van der Waals surface area contributed by atoms with E-state index < -0.39 is 0 Å². The Morgan fingerprint density at radius 3 is 2.82 bits per heavy atom. The van der Waals surface area contributed by atoms with Crippen LogP contribution in [0.15, 0.2) is 16.7 Å². The maximum Gasteiger partial charge on any atom is 0.261 e. The molecule has 6 nitrogen and oxygen atoms in total. The Labute approximate surface area is 163 Å². The molecule has 0 saturated carbocycles. The maximum atomic E-state index is 14.9. The van der Waals surface area contributed by atoms with Gasteiger partial charge in [0.2, 0.25) is 0 Å². The summed E-state index contributed by atoms with van der Waals surface area (Å²) in [4.78, 5) is 11.5. The zero-order chi connectivity index (χ0) is 19.4. The number of halogens is 1. The number of hydrogen-bond donors (Lipinski definition) is 1. The second-order valence-corrected chi connectivity index (χ2v) is 7.92. The fourth-order valence-electron chi connectivity index (χ4n) is 4.63. The van der Waals surface area contributed by atoms with Crippen molar-refractivity contribution in [1.29, 1.82) is 0 Å². The number of nitrogens with one attached hydrogen (secondary N) is 1. The molecule has 3 aromatic rings. The van der Waals surface area contributed by atoms with Crippen molar-refractivity contribution in [3.05, 3.63) is 34.9 Å². The second-order valence-electron chi connectivity index (χ2n) is 7.92. The number of aryl methyl sites for hydroxylation is 3. The van der Waals surface area contributed by atoms with Crippen LogP contribution in [0.1, 0.15) is 30.3 Å². The lowest BCUT2D eigenvalue weighted by Crippen LogP contribution is -2.30. The molecule has 2 saturated heterocycles. The molecule has 7 heteroatoms. The molecule has 0 radical (unpaired) electrons. The SMILES string of the molecule is CCc1cc(F)c2nc(N3CC4NCC[C@H]4C3)c(-c3nc(C)no3)c(C)c2c1. The molecule has 2 atom stereocenters. The molecule has 2 aromatic heterocycles. The fraction of sp³-hybridized carbons (Fsp3) is 0.476. The molecule has 0 spiro atoms.